The summed E-state index contributed by atoms with van der Waals surface area (Å²) in [6.07, 6.45) is -3.61. The smallest absolute Gasteiger partial charge is 0.385 e. The van der Waals surface area contributed by atoms with E-state index in [0.717, 1.165) is 12.5 Å². The van der Waals surface area contributed by atoms with Crippen LogP contribution in [0.2, 0.25) is 0 Å². The van der Waals surface area contributed by atoms with E-state index in [9.17, 15) is 13.2 Å². The van der Waals surface area contributed by atoms with Crippen LogP contribution >= 0.6 is 0 Å². The van der Waals surface area contributed by atoms with Gasteiger partial charge in [0.25, 0.3) is 0 Å². The van der Waals surface area contributed by atoms with Crippen molar-refractivity contribution in [2.75, 3.05) is 11.9 Å². The van der Waals surface area contributed by atoms with Gasteiger partial charge in [0.15, 0.2) is 0 Å². The predicted molar refractivity (Wildman–Crippen MR) is 54.9 cm³/mol. The Bertz CT molecular complexity index is 405. The van der Waals surface area contributed by atoms with E-state index < -0.39 is 11.7 Å². The van der Waals surface area contributed by atoms with Crippen molar-refractivity contribution in [2.45, 2.75) is 19.5 Å². The zero-order valence-corrected chi connectivity index (χ0v) is 8.73. The van der Waals surface area contributed by atoms with E-state index >= 15 is 0 Å². The van der Waals surface area contributed by atoms with Crippen LogP contribution < -0.4 is 5.32 Å². The summed E-state index contributed by atoms with van der Waals surface area (Å²) >= 11 is 0. The first-order valence-electron chi connectivity index (χ1n) is 4.84. The van der Waals surface area contributed by atoms with Crippen molar-refractivity contribution in [1.29, 1.82) is 5.26 Å². The maximum Gasteiger partial charge on any atom is 0.417 e. The first kappa shape index (κ1) is 12.4. The molecule has 0 aliphatic rings. The molecule has 0 fully saturated rings. The Morgan fingerprint density at radius 3 is 2.56 bits per heavy atom. The van der Waals surface area contributed by atoms with Crippen LogP contribution in [0.15, 0.2) is 18.2 Å². The van der Waals surface area contributed by atoms with Crippen LogP contribution in [0.5, 0.6) is 0 Å². The molecule has 86 valence electrons. The molecule has 0 bridgehead atoms. The highest BCUT2D eigenvalue weighted by atomic mass is 19.4. The minimum absolute atomic E-state index is 0.353. The quantitative estimate of drug-likeness (QED) is 0.860. The molecule has 0 atom stereocenters. The zero-order valence-electron chi connectivity index (χ0n) is 8.73. The van der Waals surface area contributed by atoms with Gasteiger partial charge in [-0.3, -0.25) is 0 Å². The summed E-state index contributed by atoms with van der Waals surface area (Å²) in [4.78, 5) is 0. The molecule has 0 aliphatic heterocycles. The SMILES string of the molecule is CCCNc1ccc(C(F)(F)F)c(C#N)c1. The summed E-state index contributed by atoms with van der Waals surface area (Å²) in [5, 5.41) is 11.6. The number of anilines is 1. The van der Waals surface area contributed by atoms with Gasteiger partial charge >= 0.3 is 6.18 Å². The molecule has 0 radical (unpaired) electrons. The number of nitrogens with zero attached hydrogens (tertiary/aromatic N) is 1. The van der Waals surface area contributed by atoms with Gasteiger partial charge in [0.2, 0.25) is 0 Å². The summed E-state index contributed by atoms with van der Waals surface area (Å²) in [5.74, 6) is 0. The summed E-state index contributed by atoms with van der Waals surface area (Å²) in [5.41, 5.74) is -0.711. The summed E-state index contributed by atoms with van der Waals surface area (Å²) in [6, 6.07) is 5.04. The van der Waals surface area contributed by atoms with Crippen LogP contribution in [0, 0.1) is 11.3 Å². The maximum atomic E-state index is 12.4. The molecule has 0 saturated heterocycles. The average molecular weight is 228 g/mol. The Morgan fingerprint density at radius 2 is 2.06 bits per heavy atom. The molecule has 2 nitrogen and oxygen atoms in total. The molecular formula is C11H11F3N2. The largest absolute Gasteiger partial charge is 0.417 e. The molecule has 0 spiro atoms. The van der Waals surface area contributed by atoms with Gasteiger partial charge in [-0.1, -0.05) is 6.92 Å². The minimum atomic E-state index is -4.48. The van der Waals surface area contributed by atoms with Gasteiger partial charge in [0, 0.05) is 12.2 Å². The van der Waals surface area contributed by atoms with E-state index in [1.165, 1.54) is 12.1 Å². The molecule has 0 amide bonds. The fourth-order valence-electron chi connectivity index (χ4n) is 1.26. The lowest BCUT2D eigenvalue weighted by atomic mass is 10.1. The van der Waals surface area contributed by atoms with Crippen molar-refractivity contribution in [3.63, 3.8) is 0 Å². The number of nitriles is 1. The number of hydrogen-bond donors (Lipinski definition) is 1. The second kappa shape index (κ2) is 4.88. The molecule has 16 heavy (non-hydrogen) atoms. The minimum Gasteiger partial charge on any atom is -0.385 e. The van der Waals surface area contributed by atoms with Crippen molar-refractivity contribution < 1.29 is 13.2 Å². The van der Waals surface area contributed by atoms with E-state index in [4.69, 9.17) is 5.26 Å². The van der Waals surface area contributed by atoms with Gasteiger partial charge in [-0.05, 0) is 24.6 Å². The van der Waals surface area contributed by atoms with Crippen LogP contribution in [0.1, 0.15) is 24.5 Å². The number of hydrogen-bond acceptors (Lipinski definition) is 2. The molecule has 0 saturated carbocycles. The molecule has 1 aromatic carbocycles. The third-order valence-electron chi connectivity index (χ3n) is 2.02. The summed E-state index contributed by atoms with van der Waals surface area (Å²) < 4.78 is 37.3. The average Bonchev–Trinajstić information content (AvgIpc) is 2.24. The van der Waals surface area contributed by atoms with Gasteiger partial charge in [-0.25, -0.2) is 0 Å². The Morgan fingerprint density at radius 1 is 1.38 bits per heavy atom. The van der Waals surface area contributed by atoms with Gasteiger partial charge in [0.1, 0.15) is 0 Å². The second-order valence-electron chi connectivity index (χ2n) is 3.30. The third-order valence-corrected chi connectivity index (χ3v) is 2.02. The van der Waals surface area contributed by atoms with Gasteiger partial charge < -0.3 is 5.32 Å². The highest BCUT2D eigenvalue weighted by Gasteiger charge is 2.33. The number of benzene rings is 1. The number of rotatable bonds is 3. The van der Waals surface area contributed by atoms with Crippen molar-refractivity contribution in [3.8, 4) is 6.07 Å². The second-order valence-corrected chi connectivity index (χ2v) is 3.30. The normalized spacial score (nSPS) is 10.9. The maximum absolute atomic E-state index is 12.4. The molecule has 0 aliphatic carbocycles. The molecule has 1 N–H and O–H groups in total. The fourth-order valence-corrected chi connectivity index (χ4v) is 1.26. The Labute approximate surface area is 91.7 Å². The van der Waals surface area contributed by atoms with E-state index in [0.29, 0.717) is 12.2 Å². The molecule has 1 aromatic rings. The van der Waals surface area contributed by atoms with Crippen LogP contribution in [-0.2, 0) is 6.18 Å². The Hall–Kier alpha value is -1.70. The van der Waals surface area contributed by atoms with Crippen molar-refractivity contribution in [3.05, 3.63) is 29.3 Å². The monoisotopic (exact) mass is 228 g/mol. The lowest BCUT2D eigenvalue weighted by Crippen LogP contribution is -2.08. The van der Waals surface area contributed by atoms with Crippen molar-refractivity contribution in [1.82, 2.24) is 0 Å². The zero-order chi connectivity index (χ0) is 12.2. The van der Waals surface area contributed by atoms with E-state index in [1.807, 2.05) is 6.92 Å². The molecule has 5 heteroatoms. The highest BCUT2D eigenvalue weighted by molar-refractivity contribution is 5.53. The number of nitrogens with one attached hydrogen (secondary N) is 1. The molecular weight excluding hydrogens is 217 g/mol. The van der Waals surface area contributed by atoms with Crippen LogP contribution in [0.25, 0.3) is 0 Å². The highest BCUT2D eigenvalue weighted by Crippen LogP contribution is 2.32. The van der Waals surface area contributed by atoms with Gasteiger partial charge in [0.05, 0.1) is 17.2 Å². The van der Waals surface area contributed by atoms with Crippen LogP contribution in [-0.4, -0.2) is 6.54 Å². The third kappa shape index (κ3) is 2.89. The fraction of sp³-hybridized carbons (Fsp3) is 0.364. The molecule has 0 unspecified atom stereocenters. The lowest BCUT2D eigenvalue weighted by molar-refractivity contribution is -0.137. The molecule has 0 aromatic heterocycles. The molecule has 0 heterocycles. The van der Waals surface area contributed by atoms with Gasteiger partial charge in [-0.15, -0.1) is 0 Å². The standard InChI is InChI=1S/C11H11F3N2/c1-2-5-16-9-3-4-10(11(12,13)14)8(6-9)7-15/h3-4,6,16H,2,5H2,1H3. The topological polar surface area (TPSA) is 35.8 Å². The van der Waals surface area contributed by atoms with Crippen molar-refractivity contribution in [2.24, 2.45) is 0 Å². The number of alkyl halides is 3. The van der Waals surface area contributed by atoms with E-state index in [1.54, 1.807) is 6.07 Å². The first-order valence-corrected chi connectivity index (χ1v) is 4.84. The summed E-state index contributed by atoms with van der Waals surface area (Å²) in [7, 11) is 0. The lowest BCUT2D eigenvalue weighted by Gasteiger charge is -2.11. The van der Waals surface area contributed by atoms with E-state index in [-0.39, 0.29) is 5.56 Å². The van der Waals surface area contributed by atoms with E-state index in [2.05, 4.69) is 5.32 Å². The number of halogens is 3. The Balaban J connectivity index is 3.04. The van der Waals surface area contributed by atoms with Gasteiger partial charge in [-0.2, -0.15) is 18.4 Å². The van der Waals surface area contributed by atoms with Crippen LogP contribution in [0.3, 0.4) is 0 Å². The summed E-state index contributed by atoms with van der Waals surface area (Å²) in [6.45, 7) is 2.61. The van der Waals surface area contributed by atoms with Crippen LogP contribution in [0.4, 0.5) is 18.9 Å². The predicted octanol–water partition coefficient (Wildman–Crippen LogP) is 3.40. The first-order chi connectivity index (χ1) is 7.49. The Kier molecular flexibility index (Phi) is 3.78. The molecule has 1 rings (SSSR count). The van der Waals surface area contributed by atoms with Crippen molar-refractivity contribution >= 4 is 5.69 Å².